The number of benzene rings is 2. The third-order valence-corrected chi connectivity index (χ3v) is 5.67. The van der Waals surface area contributed by atoms with Gasteiger partial charge >= 0.3 is 0 Å². The van der Waals surface area contributed by atoms with Crippen LogP contribution in [0.2, 0.25) is 0 Å². The van der Waals surface area contributed by atoms with E-state index >= 15 is 0 Å². The second-order valence-electron chi connectivity index (χ2n) is 8.16. The zero-order chi connectivity index (χ0) is 23.1. The summed E-state index contributed by atoms with van der Waals surface area (Å²) >= 11 is 0. The van der Waals surface area contributed by atoms with Crippen molar-refractivity contribution < 1.29 is 18.8 Å². The van der Waals surface area contributed by atoms with Crippen molar-refractivity contribution in [2.75, 3.05) is 32.7 Å². The average Bonchev–Trinajstić information content (AvgIpc) is 2.92. The molecule has 0 aromatic heterocycles. The Morgan fingerprint density at radius 3 is 2.62 bits per heavy atom. The first kappa shape index (κ1) is 23.4. The van der Waals surface area contributed by atoms with Gasteiger partial charge in [0, 0.05) is 38.7 Å². The molecule has 1 aliphatic rings. The molecule has 32 heavy (non-hydrogen) atoms. The molecule has 0 spiro atoms. The van der Waals surface area contributed by atoms with E-state index in [2.05, 4.69) is 5.32 Å². The van der Waals surface area contributed by atoms with Gasteiger partial charge in [0.15, 0.2) is 0 Å². The molecule has 0 aliphatic carbocycles. The Morgan fingerprint density at radius 1 is 1.12 bits per heavy atom. The van der Waals surface area contributed by atoms with Crippen LogP contribution in [0.1, 0.15) is 25.8 Å². The van der Waals surface area contributed by atoms with Gasteiger partial charge in [-0.1, -0.05) is 49.4 Å². The van der Waals surface area contributed by atoms with E-state index in [1.54, 1.807) is 23.1 Å². The number of halogens is 1. The van der Waals surface area contributed by atoms with Crippen LogP contribution in [0, 0.1) is 11.7 Å². The Morgan fingerprint density at radius 2 is 1.91 bits per heavy atom. The normalized spacial score (nSPS) is 16.6. The molecule has 1 fully saturated rings. The summed E-state index contributed by atoms with van der Waals surface area (Å²) in [6.45, 7) is 5.16. The number of amides is 3. The molecule has 7 heteroatoms. The van der Waals surface area contributed by atoms with Crippen LogP contribution < -0.4 is 5.32 Å². The van der Waals surface area contributed by atoms with E-state index in [-0.39, 0.29) is 30.1 Å². The van der Waals surface area contributed by atoms with Gasteiger partial charge in [0.05, 0.1) is 12.5 Å². The fourth-order valence-electron chi connectivity index (χ4n) is 4.07. The number of carbonyl (C=O) groups is 3. The summed E-state index contributed by atoms with van der Waals surface area (Å²) in [6, 6.07) is 14.2. The van der Waals surface area contributed by atoms with Crippen LogP contribution >= 0.6 is 0 Å². The maximum Gasteiger partial charge on any atom is 0.242 e. The largest absolute Gasteiger partial charge is 0.347 e. The Bertz CT molecular complexity index is 978. The summed E-state index contributed by atoms with van der Waals surface area (Å²) in [6.07, 6.45) is 1.28. The Hall–Kier alpha value is -3.22. The lowest BCUT2D eigenvalue weighted by molar-refractivity contribution is -0.135. The molecule has 1 unspecified atom stereocenters. The molecule has 1 heterocycles. The summed E-state index contributed by atoms with van der Waals surface area (Å²) in [4.78, 5) is 40.6. The first-order valence-electron chi connectivity index (χ1n) is 11.0. The van der Waals surface area contributed by atoms with Crippen molar-refractivity contribution >= 4 is 17.7 Å². The fourth-order valence-corrected chi connectivity index (χ4v) is 4.07. The van der Waals surface area contributed by atoms with Crippen LogP contribution in [-0.4, -0.2) is 60.2 Å². The Labute approximate surface area is 188 Å². The van der Waals surface area contributed by atoms with E-state index in [1.807, 2.05) is 36.1 Å². The highest BCUT2D eigenvalue weighted by Gasteiger charge is 2.32. The summed E-state index contributed by atoms with van der Waals surface area (Å²) in [5.74, 6) is -1.13. The minimum Gasteiger partial charge on any atom is -0.347 e. The predicted molar refractivity (Wildman–Crippen MR) is 121 cm³/mol. The van der Waals surface area contributed by atoms with Crippen LogP contribution in [0.5, 0.6) is 0 Å². The predicted octanol–water partition coefficient (Wildman–Crippen LogP) is 2.87. The molecule has 0 radical (unpaired) electrons. The second kappa shape index (κ2) is 10.9. The number of hydrogen-bond donors (Lipinski definition) is 1. The smallest absolute Gasteiger partial charge is 0.242 e. The van der Waals surface area contributed by atoms with E-state index in [0.717, 1.165) is 17.5 Å². The topological polar surface area (TPSA) is 69.7 Å². The lowest BCUT2D eigenvalue weighted by Gasteiger charge is -2.24. The van der Waals surface area contributed by atoms with Gasteiger partial charge < -0.3 is 15.1 Å². The van der Waals surface area contributed by atoms with E-state index in [9.17, 15) is 18.8 Å². The lowest BCUT2D eigenvalue weighted by atomic mass is 9.94. The fraction of sp³-hybridized carbons (Fsp3) is 0.400. The molecule has 1 N–H and O–H groups in total. The van der Waals surface area contributed by atoms with Crippen molar-refractivity contribution in [1.82, 2.24) is 15.1 Å². The van der Waals surface area contributed by atoms with E-state index in [0.29, 0.717) is 38.2 Å². The molecule has 2 aromatic carbocycles. The van der Waals surface area contributed by atoms with Gasteiger partial charge in [0.25, 0.3) is 0 Å². The SMILES string of the molecule is CCCN1CCN(C(=O)CNC(C)=O)CC(Cc2cccc(-c3ccccc3F)c2)C1=O. The summed E-state index contributed by atoms with van der Waals surface area (Å²) in [5.41, 5.74) is 2.18. The summed E-state index contributed by atoms with van der Waals surface area (Å²) in [5, 5.41) is 2.54. The Balaban J connectivity index is 1.82. The minimum atomic E-state index is -0.402. The van der Waals surface area contributed by atoms with Crippen molar-refractivity contribution in [2.24, 2.45) is 5.92 Å². The van der Waals surface area contributed by atoms with Gasteiger partial charge in [-0.05, 0) is 30.0 Å². The number of rotatable bonds is 7. The van der Waals surface area contributed by atoms with Crippen LogP contribution in [-0.2, 0) is 20.8 Å². The molecule has 170 valence electrons. The first-order valence-corrected chi connectivity index (χ1v) is 11.0. The second-order valence-corrected chi connectivity index (χ2v) is 8.16. The van der Waals surface area contributed by atoms with Gasteiger partial charge in [-0.15, -0.1) is 0 Å². The molecular weight excluding hydrogens is 409 g/mol. The van der Waals surface area contributed by atoms with Crippen LogP contribution in [0.15, 0.2) is 48.5 Å². The first-order chi connectivity index (χ1) is 15.4. The van der Waals surface area contributed by atoms with Gasteiger partial charge in [0.2, 0.25) is 17.7 Å². The van der Waals surface area contributed by atoms with Crippen LogP contribution in [0.3, 0.4) is 0 Å². The number of nitrogens with zero attached hydrogens (tertiary/aromatic N) is 2. The van der Waals surface area contributed by atoms with Gasteiger partial charge in [0.1, 0.15) is 5.82 Å². The number of hydrogen-bond acceptors (Lipinski definition) is 3. The highest BCUT2D eigenvalue weighted by atomic mass is 19.1. The zero-order valence-electron chi connectivity index (χ0n) is 18.6. The summed E-state index contributed by atoms with van der Waals surface area (Å²) in [7, 11) is 0. The number of nitrogens with one attached hydrogen (secondary N) is 1. The van der Waals surface area contributed by atoms with E-state index in [1.165, 1.54) is 13.0 Å². The lowest BCUT2D eigenvalue weighted by Crippen LogP contribution is -2.42. The highest BCUT2D eigenvalue weighted by molar-refractivity contribution is 5.85. The molecule has 0 bridgehead atoms. The van der Waals surface area contributed by atoms with Crippen molar-refractivity contribution in [3.63, 3.8) is 0 Å². The van der Waals surface area contributed by atoms with Crippen molar-refractivity contribution in [1.29, 1.82) is 0 Å². The third-order valence-electron chi connectivity index (χ3n) is 5.67. The molecule has 1 saturated heterocycles. The van der Waals surface area contributed by atoms with Crippen LogP contribution in [0.25, 0.3) is 11.1 Å². The monoisotopic (exact) mass is 439 g/mol. The summed E-state index contributed by atoms with van der Waals surface area (Å²) < 4.78 is 14.3. The quantitative estimate of drug-likeness (QED) is 0.721. The molecule has 6 nitrogen and oxygen atoms in total. The molecule has 3 rings (SSSR count). The molecule has 0 saturated carbocycles. The molecule has 1 atom stereocenters. The average molecular weight is 440 g/mol. The third kappa shape index (κ3) is 5.93. The maximum atomic E-state index is 14.3. The standard InChI is InChI=1S/C25H30FN3O3/c1-3-11-28-12-13-29(24(31)16-27-18(2)30)17-21(25(28)32)15-19-7-6-8-20(14-19)22-9-4-5-10-23(22)26/h4-10,14,21H,3,11-13,15-17H2,1-2H3,(H,27,30). The molecule has 3 amide bonds. The minimum absolute atomic E-state index is 0.0259. The van der Waals surface area contributed by atoms with Crippen molar-refractivity contribution in [3.05, 3.63) is 59.9 Å². The van der Waals surface area contributed by atoms with Crippen molar-refractivity contribution in [2.45, 2.75) is 26.7 Å². The molecule has 1 aliphatic heterocycles. The Kier molecular flexibility index (Phi) is 7.98. The van der Waals surface area contributed by atoms with Gasteiger partial charge in [-0.25, -0.2) is 4.39 Å². The number of carbonyl (C=O) groups excluding carboxylic acids is 3. The van der Waals surface area contributed by atoms with Gasteiger partial charge in [-0.3, -0.25) is 14.4 Å². The van der Waals surface area contributed by atoms with E-state index in [4.69, 9.17) is 0 Å². The van der Waals surface area contributed by atoms with E-state index < -0.39 is 5.92 Å². The van der Waals surface area contributed by atoms with Crippen molar-refractivity contribution in [3.8, 4) is 11.1 Å². The maximum absolute atomic E-state index is 14.3. The highest BCUT2D eigenvalue weighted by Crippen LogP contribution is 2.25. The van der Waals surface area contributed by atoms with Crippen LogP contribution in [0.4, 0.5) is 4.39 Å². The molecule has 2 aromatic rings. The zero-order valence-corrected chi connectivity index (χ0v) is 18.6. The molecular formula is C25H30FN3O3. The van der Waals surface area contributed by atoms with Gasteiger partial charge in [-0.2, -0.15) is 0 Å².